The maximum atomic E-state index is 13.0. The Labute approximate surface area is 155 Å². The fraction of sp³-hybridized carbons (Fsp3) is 0.667. The van der Waals surface area contributed by atoms with Gasteiger partial charge in [0.25, 0.3) is 0 Å². The summed E-state index contributed by atoms with van der Waals surface area (Å²) in [5.74, 6) is 1.10. The van der Waals surface area contributed by atoms with Gasteiger partial charge in [0.05, 0.1) is 6.04 Å². The molecule has 1 saturated heterocycles. The molecule has 5 unspecified atom stereocenters. The summed E-state index contributed by atoms with van der Waals surface area (Å²) in [5.41, 5.74) is 2.78. The largest absolute Gasteiger partial charge is 0.338 e. The van der Waals surface area contributed by atoms with Crippen molar-refractivity contribution in [2.45, 2.75) is 77.4 Å². The molecule has 1 aromatic carbocycles. The number of hydrogen-bond donors (Lipinski definition) is 0. The number of hydrogen-bond acceptors (Lipinski definition) is 2. The third-order valence-corrected chi connectivity index (χ3v) is 7.41. The van der Waals surface area contributed by atoms with Crippen molar-refractivity contribution in [1.82, 2.24) is 9.57 Å². The van der Waals surface area contributed by atoms with Gasteiger partial charge in [0.2, 0.25) is 5.91 Å². The van der Waals surface area contributed by atoms with Crippen LogP contribution in [-0.2, 0) is 11.2 Å². The van der Waals surface area contributed by atoms with Crippen LogP contribution in [0, 0.1) is 12.8 Å². The number of amides is 1. The molecule has 1 aliphatic carbocycles. The summed E-state index contributed by atoms with van der Waals surface area (Å²) in [6.45, 7) is 7.45. The fourth-order valence-corrected chi connectivity index (χ4v) is 4.94. The molecule has 0 bridgehead atoms. The van der Waals surface area contributed by atoms with Gasteiger partial charge in [0.1, 0.15) is 0 Å². The molecular weight excluding hydrogens is 327 g/mol. The highest BCUT2D eigenvalue weighted by Crippen LogP contribution is 2.38. The van der Waals surface area contributed by atoms with Crippen molar-refractivity contribution < 1.29 is 4.79 Å². The van der Waals surface area contributed by atoms with Gasteiger partial charge in [-0.2, -0.15) is 0 Å². The maximum absolute atomic E-state index is 13.0. The SMILES string of the molecule is Cc1ccccc1CCC(C)N(P)C(C)C(=O)N1CCC2CCCC21. The molecule has 138 valence electrons. The molecule has 2 aliphatic rings. The lowest BCUT2D eigenvalue weighted by atomic mass is 10.0. The molecule has 5 atom stereocenters. The Hall–Kier alpha value is -0.920. The van der Waals surface area contributed by atoms with Crippen LogP contribution in [-0.4, -0.2) is 40.1 Å². The number of aryl methyl sites for hydroxylation is 2. The zero-order chi connectivity index (χ0) is 18.0. The zero-order valence-electron chi connectivity index (χ0n) is 15.9. The minimum absolute atomic E-state index is 0.0591. The first-order valence-corrected chi connectivity index (χ1v) is 10.4. The zero-order valence-corrected chi connectivity index (χ0v) is 17.1. The van der Waals surface area contributed by atoms with Gasteiger partial charge in [0.15, 0.2) is 0 Å². The van der Waals surface area contributed by atoms with Gasteiger partial charge in [-0.1, -0.05) is 40.1 Å². The lowest BCUT2D eigenvalue weighted by molar-refractivity contribution is -0.136. The number of fused-ring (bicyclic) bond motifs is 1. The maximum Gasteiger partial charge on any atom is 0.240 e. The van der Waals surface area contributed by atoms with Crippen molar-refractivity contribution >= 4 is 15.3 Å². The predicted octanol–water partition coefficient (Wildman–Crippen LogP) is 4.20. The molecule has 25 heavy (non-hydrogen) atoms. The number of carbonyl (C=O) groups is 1. The third kappa shape index (κ3) is 4.09. The van der Waals surface area contributed by atoms with Crippen molar-refractivity contribution in [3.63, 3.8) is 0 Å². The quantitative estimate of drug-likeness (QED) is 0.710. The lowest BCUT2D eigenvalue weighted by Crippen LogP contribution is -2.48. The van der Waals surface area contributed by atoms with Gasteiger partial charge in [-0.15, -0.1) is 0 Å². The lowest BCUT2D eigenvalue weighted by Gasteiger charge is -2.34. The molecule has 0 spiro atoms. The van der Waals surface area contributed by atoms with E-state index in [1.807, 2.05) is 0 Å². The molecule has 4 heteroatoms. The van der Waals surface area contributed by atoms with Crippen LogP contribution < -0.4 is 0 Å². The van der Waals surface area contributed by atoms with Crippen molar-refractivity contribution in [2.75, 3.05) is 6.54 Å². The van der Waals surface area contributed by atoms with Gasteiger partial charge in [-0.3, -0.25) is 9.46 Å². The molecule has 3 nitrogen and oxygen atoms in total. The topological polar surface area (TPSA) is 23.6 Å². The highest BCUT2D eigenvalue weighted by atomic mass is 31.0. The summed E-state index contributed by atoms with van der Waals surface area (Å²) in [5, 5.41) is 0. The molecule has 1 aromatic rings. The number of benzene rings is 1. The summed E-state index contributed by atoms with van der Waals surface area (Å²) in [7, 11) is 2.82. The average molecular weight is 360 g/mol. The second kappa shape index (κ2) is 8.18. The van der Waals surface area contributed by atoms with Crippen molar-refractivity contribution in [3.8, 4) is 0 Å². The summed E-state index contributed by atoms with van der Waals surface area (Å²) < 4.78 is 2.20. The first-order chi connectivity index (χ1) is 12.0. The second-order valence-electron chi connectivity index (χ2n) is 8.02. The Bertz CT molecular complexity index is 605. The van der Waals surface area contributed by atoms with E-state index in [0.29, 0.717) is 18.0 Å². The van der Waals surface area contributed by atoms with E-state index in [9.17, 15) is 4.79 Å². The summed E-state index contributed by atoms with van der Waals surface area (Å²) >= 11 is 0. The third-order valence-electron chi connectivity index (χ3n) is 6.45. The molecule has 0 radical (unpaired) electrons. The van der Waals surface area contributed by atoms with Gasteiger partial charge in [0, 0.05) is 18.6 Å². The molecule has 1 saturated carbocycles. The molecule has 1 heterocycles. The molecule has 3 rings (SSSR count). The standard InChI is InChI=1S/C21H33N2OP/c1-15-7-4-5-8-18(15)12-11-16(2)23(25)17(3)21(24)22-14-13-19-9-6-10-20(19)22/h4-5,7-8,16-17,19-20H,6,9-14,25H2,1-3H3. The first-order valence-electron chi connectivity index (χ1n) is 9.87. The van der Waals surface area contributed by atoms with Gasteiger partial charge >= 0.3 is 0 Å². The van der Waals surface area contributed by atoms with Crippen LogP contribution in [0.1, 0.15) is 57.1 Å². The van der Waals surface area contributed by atoms with Crippen LogP contribution in [0.2, 0.25) is 0 Å². The average Bonchev–Trinajstić information content (AvgIpc) is 3.22. The normalized spacial score (nSPS) is 25.2. The Morgan fingerprint density at radius 2 is 2.04 bits per heavy atom. The first kappa shape index (κ1) is 18.9. The summed E-state index contributed by atoms with van der Waals surface area (Å²) in [6, 6.07) is 9.43. The van der Waals surface area contributed by atoms with Crippen LogP contribution >= 0.6 is 9.39 Å². The van der Waals surface area contributed by atoms with Crippen LogP contribution in [0.25, 0.3) is 0 Å². The Morgan fingerprint density at radius 3 is 2.80 bits per heavy atom. The molecular formula is C21H33N2OP. The number of carbonyl (C=O) groups excluding carboxylic acids is 1. The van der Waals surface area contributed by atoms with Crippen LogP contribution in [0.15, 0.2) is 24.3 Å². The van der Waals surface area contributed by atoms with E-state index >= 15 is 0 Å². The van der Waals surface area contributed by atoms with E-state index in [-0.39, 0.29) is 6.04 Å². The number of likely N-dealkylation sites (tertiary alicyclic amines) is 1. The molecule has 1 amide bonds. The van der Waals surface area contributed by atoms with Crippen molar-refractivity contribution in [3.05, 3.63) is 35.4 Å². The Balaban J connectivity index is 1.55. The van der Waals surface area contributed by atoms with Crippen LogP contribution in [0.3, 0.4) is 0 Å². The van der Waals surface area contributed by atoms with E-state index in [0.717, 1.165) is 25.3 Å². The molecule has 0 aromatic heterocycles. The van der Waals surface area contributed by atoms with Gasteiger partial charge in [-0.05, 0) is 69.9 Å². The Kier molecular flexibility index (Phi) is 6.17. The highest BCUT2D eigenvalue weighted by Gasteiger charge is 2.41. The fourth-order valence-electron chi connectivity index (χ4n) is 4.66. The van der Waals surface area contributed by atoms with E-state index < -0.39 is 0 Å². The van der Waals surface area contributed by atoms with Crippen molar-refractivity contribution in [2.24, 2.45) is 5.92 Å². The summed E-state index contributed by atoms with van der Waals surface area (Å²) in [6.07, 6.45) is 7.17. The van der Waals surface area contributed by atoms with E-state index in [2.05, 4.69) is 64.0 Å². The molecule has 0 N–H and O–H groups in total. The summed E-state index contributed by atoms with van der Waals surface area (Å²) in [4.78, 5) is 15.2. The minimum Gasteiger partial charge on any atom is -0.338 e. The highest BCUT2D eigenvalue weighted by molar-refractivity contribution is 7.13. The van der Waals surface area contributed by atoms with Gasteiger partial charge in [-0.25, -0.2) is 0 Å². The molecule has 2 fully saturated rings. The second-order valence-corrected chi connectivity index (χ2v) is 8.61. The smallest absolute Gasteiger partial charge is 0.240 e. The van der Waals surface area contributed by atoms with Crippen LogP contribution in [0.4, 0.5) is 0 Å². The predicted molar refractivity (Wildman–Crippen MR) is 107 cm³/mol. The minimum atomic E-state index is -0.0591. The van der Waals surface area contributed by atoms with Crippen molar-refractivity contribution in [1.29, 1.82) is 0 Å². The van der Waals surface area contributed by atoms with E-state index in [1.54, 1.807) is 0 Å². The monoisotopic (exact) mass is 360 g/mol. The van der Waals surface area contributed by atoms with E-state index in [4.69, 9.17) is 0 Å². The van der Waals surface area contributed by atoms with Gasteiger partial charge < -0.3 is 4.90 Å². The van der Waals surface area contributed by atoms with E-state index in [1.165, 1.54) is 36.8 Å². The number of nitrogens with zero attached hydrogens (tertiary/aromatic N) is 2. The number of rotatable bonds is 6. The van der Waals surface area contributed by atoms with Crippen LogP contribution in [0.5, 0.6) is 0 Å². The molecule has 1 aliphatic heterocycles. The Morgan fingerprint density at radius 1 is 1.28 bits per heavy atom.